The molecule has 7 nitrogen and oxygen atoms in total. The summed E-state index contributed by atoms with van der Waals surface area (Å²) in [5.41, 5.74) is 2.32. The summed E-state index contributed by atoms with van der Waals surface area (Å²) in [6.45, 7) is 5.94. The van der Waals surface area contributed by atoms with Crippen LogP contribution in [0.4, 0.5) is 10.5 Å². The predicted molar refractivity (Wildman–Crippen MR) is 118 cm³/mol. The van der Waals surface area contributed by atoms with Crippen LogP contribution in [-0.4, -0.2) is 32.4 Å². The molecule has 1 heterocycles. The van der Waals surface area contributed by atoms with Crippen LogP contribution in [0.15, 0.2) is 57.8 Å². The number of sulfonamides is 1. The van der Waals surface area contributed by atoms with E-state index in [2.05, 4.69) is 10.0 Å². The van der Waals surface area contributed by atoms with Gasteiger partial charge in [-0.1, -0.05) is 25.1 Å². The second-order valence-corrected chi connectivity index (χ2v) is 9.15. The van der Waals surface area contributed by atoms with Gasteiger partial charge in [0.1, 0.15) is 11.3 Å². The summed E-state index contributed by atoms with van der Waals surface area (Å²) >= 11 is 0. The van der Waals surface area contributed by atoms with Crippen LogP contribution in [0.25, 0.3) is 11.0 Å². The van der Waals surface area contributed by atoms with Crippen molar-refractivity contribution in [3.63, 3.8) is 0 Å². The zero-order chi connectivity index (χ0) is 21.9. The van der Waals surface area contributed by atoms with Crippen molar-refractivity contribution in [2.75, 3.05) is 12.4 Å². The third-order valence-corrected chi connectivity index (χ3v) is 6.33. The van der Waals surface area contributed by atoms with Gasteiger partial charge in [-0.25, -0.2) is 17.9 Å². The summed E-state index contributed by atoms with van der Waals surface area (Å²) in [6, 6.07) is 13.4. The maximum Gasteiger partial charge on any atom is 0.321 e. The number of carbonyl (C=O) groups excluding carboxylic acids is 1. The molecule has 0 fully saturated rings. The van der Waals surface area contributed by atoms with Gasteiger partial charge in [0.15, 0.2) is 0 Å². The first-order valence-corrected chi connectivity index (χ1v) is 11.3. The van der Waals surface area contributed by atoms with Gasteiger partial charge in [-0.05, 0) is 44.2 Å². The standard InChI is InChI=1S/C22H27N3O4S/c1-5-20-19(18-8-6-7-9-21(18)29-20)14-25(4)22(26)23-16-10-12-17(13-11-16)30(27,28)24-15(2)3/h6-13,15,24H,5,14H2,1-4H3,(H,23,26). The number of nitrogens with one attached hydrogen (secondary N) is 2. The van der Waals surface area contributed by atoms with Crippen molar-refractivity contribution < 1.29 is 17.6 Å². The number of nitrogens with zero attached hydrogens (tertiary/aromatic N) is 1. The van der Waals surface area contributed by atoms with E-state index in [4.69, 9.17) is 4.42 Å². The Bertz CT molecular complexity index is 1130. The number of rotatable bonds is 7. The van der Waals surface area contributed by atoms with Crippen molar-refractivity contribution in [2.45, 2.75) is 44.7 Å². The highest BCUT2D eigenvalue weighted by Gasteiger charge is 2.18. The van der Waals surface area contributed by atoms with Crippen LogP contribution in [0.1, 0.15) is 32.1 Å². The molecule has 2 N–H and O–H groups in total. The van der Waals surface area contributed by atoms with Crippen molar-refractivity contribution in [3.8, 4) is 0 Å². The fourth-order valence-electron chi connectivity index (χ4n) is 3.23. The average Bonchev–Trinajstić information content (AvgIpc) is 3.05. The smallest absolute Gasteiger partial charge is 0.321 e. The topological polar surface area (TPSA) is 91.7 Å². The van der Waals surface area contributed by atoms with Gasteiger partial charge < -0.3 is 14.6 Å². The molecular weight excluding hydrogens is 402 g/mol. The fourth-order valence-corrected chi connectivity index (χ4v) is 4.48. The number of urea groups is 1. The molecule has 0 aliphatic rings. The Morgan fingerprint density at radius 1 is 1.10 bits per heavy atom. The van der Waals surface area contributed by atoms with E-state index in [-0.39, 0.29) is 17.0 Å². The van der Waals surface area contributed by atoms with Gasteiger partial charge in [0, 0.05) is 36.1 Å². The lowest BCUT2D eigenvalue weighted by Gasteiger charge is -2.18. The lowest BCUT2D eigenvalue weighted by atomic mass is 10.1. The fraction of sp³-hybridized carbons (Fsp3) is 0.318. The van der Waals surface area contributed by atoms with Crippen LogP contribution < -0.4 is 10.0 Å². The minimum atomic E-state index is -3.57. The van der Waals surface area contributed by atoms with Gasteiger partial charge >= 0.3 is 6.03 Å². The maximum absolute atomic E-state index is 12.7. The van der Waals surface area contributed by atoms with Crippen LogP contribution in [-0.2, 0) is 23.0 Å². The van der Waals surface area contributed by atoms with Crippen molar-refractivity contribution >= 4 is 32.7 Å². The van der Waals surface area contributed by atoms with E-state index in [1.807, 2.05) is 31.2 Å². The molecule has 2 aromatic carbocycles. The maximum atomic E-state index is 12.7. The molecule has 3 aromatic rings. The molecule has 0 saturated heterocycles. The van der Waals surface area contributed by atoms with Gasteiger partial charge in [0.2, 0.25) is 10.0 Å². The van der Waals surface area contributed by atoms with Gasteiger partial charge in [0.25, 0.3) is 0 Å². The minimum absolute atomic E-state index is 0.153. The Kier molecular flexibility index (Phi) is 6.48. The summed E-state index contributed by atoms with van der Waals surface area (Å²) in [4.78, 5) is 14.4. The summed E-state index contributed by atoms with van der Waals surface area (Å²) in [5.74, 6) is 0.864. The molecule has 160 valence electrons. The lowest BCUT2D eigenvalue weighted by molar-refractivity contribution is 0.220. The minimum Gasteiger partial charge on any atom is -0.461 e. The first-order valence-electron chi connectivity index (χ1n) is 9.85. The molecular formula is C22H27N3O4S. The zero-order valence-corrected chi connectivity index (χ0v) is 18.4. The average molecular weight is 430 g/mol. The van der Waals surface area contributed by atoms with Crippen LogP contribution in [0.5, 0.6) is 0 Å². The number of carbonyl (C=O) groups is 1. The molecule has 0 aliphatic heterocycles. The summed E-state index contributed by atoms with van der Waals surface area (Å²) < 4.78 is 32.9. The highest BCUT2D eigenvalue weighted by Crippen LogP contribution is 2.27. The molecule has 2 amide bonds. The number of fused-ring (bicyclic) bond motifs is 1. The number of hydrogen-bond donors (Lipinski definition) is 2. The predicted octanol–water partition coefficient (Wildman–Crippen LogP) is 4.35. The number of para-hydroxylation sites is 1. The molecule has 0 saturated carbocycles. The monoisotopic (exact) mass is 429 g/mol. The van der Waals surface area contributed by atoms with Crippen molar-refractivity contribution in [1.82, 2.24) is 9.62 Å². The van der Waals surface area contributed by atoms with Gasteiger partial charge in [-0.15, -0.1) is 0 Å². The van der Waals surface area contributed by atoms with Crippen molar-refractivity contribution in [2.24, 2.45) is 0 Å². The van der Waals surface area contributed by atoms with Gasteiger partial charge in [-0.2, -0.15) is 0 Å². The number of aryl methyl sites for hydroxylation is 1. The van der Waals surface area contributed by atoms with Crippen LogP contribution >= 0.6 is 0 Å². The molecule has 1 aromatic heterocycles. The molecule has 0 bridgehead atoms. The number of anilines is 1. The van der Waals surface area contributed by atoms with E-state index in [9.17, 15) is 13.2 Å². The highest BCUT2D eigenvalue weighted by molar-refractivity contribution is 7.89. The highest BCUT2D eigenvalue weighted by atomic mass is 32.2. The van der Waals surface area contributed by atoms with E-state index >= 15 is 0 Å². The largest absolute Gasteiger partial charge is 0.461 e. The molecule has 30 heavy (non-hydrogen) atoms. The number of benzene rings is 2. The second-order valence-electron chi connectivity index (χ2n) is 7.44. The quantitative estimate of drug-likeness (QED) is 0.584. The van der Waals surface area contributed by atoms with Crippen LogP contribution in [0, 0.1) is 0 Å². The van der Waals surface area contributed by atoms with Gasteiger partial charge in [-0.3, -0.25) is 0 Å². The number of furan rings is 1. The lowest BCUT2D eigenvalue weighted by Crippen LogP contribution is -2.31. The first-order chi connectivity index (χ1) is 14.2. The molecule has 8 heteroatoms. The number of amides is 2. The Morgan fingerprint density at radius 3 is 2.40 bits per heavy atom. The Labute approximate surface area is 177 Å². The summed E-state index contributed by atoms with van der Waals surface area (Å²) in [7, 11) is -1.86. The van der Waals surface area contributed by atoms with Crippen LogP contribution in [0.3, 0.4) is 0 Å². The Hall–Kier alpha value is -2.84. The normalized spacial score (nSPS) is 11.8. The van der Waals surface area contributed by atoms with Crippen LogP contribution in [0.2, 0.25) is 0 Å². The Balaban J connectivity index is 1.71. The Morgan fingerprint density at radius 2 is 1.77 bits per heavy atom. The summed E-state index contributed by atoms with van der Waals surface area (Å²) in [5, 5.41) is 3.80. The first kappa shape index (κ1) is 21.9. The molecule has 0 spiro atoms. The molecule has 0 unspecified atom stereocenters. The third kappa shape index (κ3) is 4.83. The van der Waals surface area contributed by atoms with E-state index in [0.29, 0.717) is 12.2 Å². The second kappa shape index (κ2) is 8.89. The van der Waals surface area contributed by atoms with E-state index in [1.54, 1.807) is 37.9 Å². The molecule has 0 aliphatic carbocycles. The SMILES string of the molecule is CCc1oc2ccccc2c1CN(C)C(=O)Nc1ccc(S(=O)(=O)NC(C)C)cc1. The van der Waals surface area contributed by atoms with Crippen molar-refractivity contribution in [1.29, 1.82) is 0 Å². The van der Waals surface area contributed by atoms with Gasteiger partial charge in [0.05, 0.1) is 11.4 Å². The zero-order valence-electron chi connectivity index (χ0n) is 17.6. The van der Waals surface area contributed by atoms with Crippen molar-refractivity contribution in [3.05, 3.63) is 59.9 Å². The molecule has 0 atom stereocenters. The number of hydrogen-bond acceptors (Lipinski definition) is 4. The van der Waals surface area contributed by atoms with E-state index < -0.39 is 10.0 Å². The molecule has 0 radical (unpaired) electrons. The van der Waals surface area contributed by atoms with E-state index in [0.717, 1.165) is 28.7 Å². The van der Waals surface area contributed by atoms with E-state index in [1.165, 1.54) is 12.1 Å². The molecule has 3 rings (SSSR count). The summed E-state index contributed by atoms with van der Waals surface area (Å²) in [6.07, 6.45) is 0.736. The third-order valence-electron chi connectivity index (χ3n) is 4.65.